The highest BCUT2D eigenvalue weighted by Gasteiger charge is 2.31. The number of alkyl halides is 1. The standard InChI is InChI=1S/C19H18F4N2O4S/c20-10-12-7-13(9-16(22)18(12)23)24-19(27)11-1-2-15(21)17(8-11)30(28,29)25-5-3-14(26)4-6-25/h1-2,7-9,14,26H,3-6,10H2,(H,24,27). The van der Waals surface area contributed by atoms with E-state index < -0.39 is 56.6 Å². The van der Waals surface area contributed by atoms with Crippen LogP contribution in [0.25, 0.3) is 0 Å². The van der Waals surface area contributed by atoms with E-state index in [1.807, 2.05) is 0 Å². The van der Waals surface area contributed by atoms with E-state index in [1.54, 1.807) is 0 Å². The second-order valence-corrected chi connectivity index (χ2v) is 8.71. The van der Waals surface area contributed by atoms with Crippen molar-refractivity contribution >= 4 is 21.6 Å². The third kappa shape index (κ3) is 4.47. The van der Waals surface area contributed by atoms with E-state index in [0.717, 1.165) is 28.6 Å². The number of hydrogen-bond donors (Lipinski definition) is 2. The fourth-order valence-corrected chi connectivity index (χ4v) is 4.64. The molecule has 0 bridgehead atoms. The zero-order valence-electron chi connectivity index (χ0n) is 15.5. The highest BCUT2D eigenvalue weighted by atomic mass is 32.2. The number of benzene rings is 2. The van der Waals surface area contributed by atoms with Crippen LogP contribution in [0.3, 0.4) is 0 Å². The van der Waals surface area contributed by atoms with Crippen molar-refractivity contribution < 1.29 is 35.9 Å². The lowest BCUT2D eigenvalue weighted by atomic mass is 10.1. The van der Waals surface area contributed by atoms with Crippen LogP contribution < -0.4 is 5.32 Å². The normalized spacial score (nSPS) is 15.9. The van der Waals surface area contributed by atoms with Gasteiger partial charge in [-0.15, -0.1) is 0 Å². The number of carbonyl (C=O) groups is 1. The molecule has 0 unspecified atom stereocenters. The molecule has 0 spiro atoms. The van der Waals surface area contributed by atoms with Crippen molar-refractivity contribution in [1.82, 2.24) is 4.31 Å². The summed E-state index contributed by atoms with van der Waals surface area (Å²) in [6, 6.07) is 4.21. The number of anilines is 1. The summed E-state index contributed by atoms with van der Waals surface area (Å²) in [5.74, 6) is -4.73. The average molecular weight is 446 g/mol. The Morgan fingerprint density at radius 2 is 1.77 bits per heavy atom. The number of nitrogens with one attached hydrogen (secondary N) is 1. The van der Waals surface area contributed by atoms with Gasteiger partial charge < -0.3 is 10.4 Å². The minimum Gasteiger partial charge on any atom is -0.393 e. The lowest BCUT2D eigenvalue weighted by molar-refractivity contribution is 0.102. The molecule has 162 valence electrons. The smallest absolute Gasteiger partial charge is 0.255 e. The summed E-state index contributed by atoms with van der Waals surface area (Å²) in [4.78, 5) is 11.7. The Balaban J connectivity index is 1.88. The molecule has 1 fully saturated rings. The number of amides is 1. The molecule has 0 aliphatic carbocycles. The molecular weight excluding hydrogens is 428 g/mol. The summed E-state index contributed by atoms with van der Waals surface area (Å²) >= 11 is 0. The average Bonchev–Trinajstić information content (AvgIpc) is 2.71. The molecule has 11 heteroatoms. The first-order valence-corrected chi connectivity index (χ1v) is 10.4. The minimum absolute atomic E-state index is 0.000226. The van der Waals surface area contributed by atoms with Crippen LogP contribution in [0, 0.1) is 17.5 Å². The first kappa shape index (κ1) is 22.2. The topological polar surface area (TPSA) is 86.7 Å². The zero-order valence-corrected chi connectivity index (χ0v) is 16.4. The molecule has 30 heavy (non-hydrogen) atoms. The molecule has 0 radical (unpaired) electrons. The van der Waals surface area contributed by atoms with Crippen molar-refractivity contribution in [2.24, 2.45) is 0 Å². The van der Waals surface area contributed by atoms with Crippen molar-refractivity contribution in [1.29, 1.82) is 0 Å². The number of nitrogens with zero attached hydrogens (tertiary/aromatic N) is 1. The van der Waals surface area contributed by atoms with Gasteiger partial charge in [0.25, 0.3) is 5.91 Å². The van der Waals surface area contributed by atoms with Crippen molar-refractivity contribution in [2.45, 2.75) is 30.5 Å². The molecule has 2 N–H and O–H groups in total. The van der Waals surface area contributed by atoms with Gasteiger partial charge in [-0.2, -0.15) is 4.31 Å². The molecule has 1 saturated heterocycles. The van der Waals surface area contributed by atoms with E-state index in [-0.39, 0.29) is 37.2 Å². The first-order chi connectivity index (χ1) is 14.1. The second kappa shape index (κ2) is 8.70. The highest BCUT2D eigenvalue weighted by molar-refractivity contribution is 7.89. The molecule has 0 saturated carbocycles. The first-order valence-electron chi connectivity index (χ1n) is 8.96. The summed E-state index contributed by atoms with van der Waals surface area (Å²) in [6.45, 7) is -1.30. The van der Waals surface area contributed by atoms with E-state index >= 15 is 0 Å². The number of aliphatic hydroxyl groups is 1. The van der Waals surface area contributed by atoms with Gasteiger partial charge in [0.15, 0.2) is 11.6 Å². The fourth-order valence-electron chi connectivity index (χ4n) is 3.08. The number of hydrogen-bond acceptors (Lipinski definition) is 4. The molecule has 1 aliphatic heterocycles. The van der Waals surface area contributed by atoms with E-state index in [2.05, 4.69) is 5.32 Å². The molecule has 2 aromatic carbocycles. The van der Waals surface area contributed by atoms with Gasteiger partial charge >= 0.3 is 0 Å². The van der Waals surface area contributed by atoms with Gasteiger partial charge in [0.2, 0.25) is 10.0 Å². The highest BCUT2D eigenvalue weighted by Crippen LogP contribution is 2.25. The van der Waals surface area contributed by atoms with Gasteiger partial charge in [0, 0.05) is 36.0 Å². The van der Waals surface area contributed by atoms with Crippen LogP contribution in [0.5, 0.6) is 0 Å². The Hall–Kier alpha value is -2.50. The molecule has 6 nitrogen and oxygen atoms in total. The molecule has 0 atom stereocenters. The van der Waals surface area contributed by atoms with E-state index in [4.69, 9.17) is 0 Å². The zero-order chi connectivity index (χ0) is 22.1. The van der Waals surface area contributed by atoms with Crippen LogP contribution in [-0.4, -0.2) is 42.9 Å². The summed E-state index contributed by atoms with van der Waals surface area (Å²) in [6.07, 6.45) is -0.231. The number of aliphatic hydroxyl groups excluding tert-OH is 1. The van der Waals surface area contributed by atoms with Gasteiger partial charge in [0.1, 0.15) is 17.4 Å². The summed E-state index contributed by atoms with van der Waals surface area (Å²) in [5.41, 5.74) is -1.09. The van der Waals surface area contributed by atoms with Crippen molar-refractivity contribution in [2.75, 3.05) is 18.4 Å². The SMILES string of the molecule is O=C(Nc1cc(F)c(F)c(CF)c1)c1ccc(F)c(S(=O)(=O)N2CCC(O)CC2)c1. The molecule has 1 amide bonds. The predicted molar refractivity (Wildman–Crippen MR) is 99.5 cm³/mol. The molecule has 1 heterocycles. The molecular formula is C19H18F4N2O4S. The van der Waals surface area contributed by atoms with Gasteiger partial charge in [-0.25, -0.2) is 26.0 Å². The molecule has 2 aromatic rings. The van der Waals surface area contributed by atoms with E-state index in [9.17, 15) is 35.9 Å². The Kier molecular flexibility index (Phi) is 6.44. The third-order valence-corrected chi connectivity index (χ3v) is 6.65. The lowest BCUT2D eigenvalue weighted by Gasteiger charge is -2.28. The van der Waals surface area contributed by atoms with Crippen molar-refractivity contribution in [3.8, 4) is 0 Å². The number of carbonyl (C=O) groups excluding carboxylic acids is 1. The van der Waals surface area contributed by atoms with Crippen LogP contribution >= 0.6 is 0 Å². The minimum atomic E-state index is -4.26. The number of piperidine rings is 1. The van der Waals surface area contributed by atoms with Crippen LogP contribution in [0.2, 0.25) is 0 Å². The van der Waals surface area contributed by atoms with Crippen molar-refractivity contribution in [3.63, 3.8) is 0 Å². The maximum absolute atomic E-state index is 14.3. The summed E-state index contributed by atoms with van der Waals surface area (Å²) in [7, 11) is -4.26. The quantitative estimate of drug-likeness (QED) is 0.692. The van der Waals surface area contributed by atoms with Crippen LogP contribution in [0.15, 0.2) is 35.2 Å². The largest absolute Gasteiger partial charge is 0.393 e. The van der Waals surface area contributed by atoms with Gasteiger partial charge in [-0.1, -0.05) is 0 Å². The van der Waals surface area contributed by atoms with Crippen LogP contribution in [-0.2, 0) is 16.7 Å². The molecule has 1 aliphatic rings. The van der Waals surface area contributed by atoms with Gasteiger partial charge in [-0.05, 0) is 37.1 Å². The maximum Gasteiger partial charge on any atom is 0.255 e. The third-order valence-electron chi connectivity index (χ3n) is 4.74. The summed E-state index contributed by atoms with van der Waals surface area (Å²) in [5, 5.41) is 11.7. The molecule has 0 aromatic heterocycles. The maximum atomic E-state index is 14.3. The van der Waals surface area contributed by atoms with Crippen molar-refractivity contribution in [3.05, 3.63) is 58.9 Å². The lowest BCUT2D eigenvalue weighted by Crippen LogP contribution is -2.40. The van der Waals surface area contributed by atoms with Gasteiger partial charge in [0.05, 0.1) is 6.10 Å². The monoisotopic (exact) mass is 446 g/mol. The Morgan fingerprint density at radius 1 is 1.10 bits per heavy atom. The molecule has 3 rings (SSSR count). The van der Waals surface area contributed by atoms with Gasteiger partial charge in [-0.3, -0.25) is 4.79 Å². The number of halogens is 4. The predicted octanol–water partition coefficient (Wildman–Crippen LogP) is 2.97. The fraction of sp³-hybridized carbons (Fsp3) is 0.316. The number of rotatable bonds is 5. The van der Waals surface area contributed by atoms with E-state index in [1.165, 1.54) is 0 Å². The van der Waals surface area contributed by atoms with Crippen LogP contribution in [0.1, 0.15) is 28.8 Å². The second-order valence-electron chi connectivity index (χ2n) is 6.80. The van der Waals surface area contributed by atoms with Crippen LogP contribution in [0.4, 0.5) is 23.2 Å². The Morgan fingerprint density at radius 3 is 2.40 bits per heavy atom. The Bertz CT molecular complexity index is 1070. The number of sulfonamides is 1. The summed E-state index contributed by atoms with van der Waals surface area (Å²) < 4.78 is 80.5. The Labute approximate surface area is 170 Å². The van der Waals surface area contributed by atoms with E-state index in [0.29, 0.717) is 6.07 Å².